The zero-order valence-corrected chi connectivity index (χ0v) is 10.9. The first-order valence-corrected chi connectivity index (χ1v) is 6.25. The standard InChI is InChI=1S/C14H18F3N/c1-8(2)13-9(3)6-10(7-11(13)15)18-12-4-5-14(12,16)17/h6-8,12,18H,4-5H2,1-3H3. The van der Waals surface area contributed by atoms with Gasteiger partial charge < -0.3 is 5.32 Å². The highest BCUT2D eigenvalue weighted by Crippen LogP contribution is 2.40. The zero-order valence-electron chi connectivity index (χ0n) is 10.9. The minimum absolute atomic E-state index is 0.0871. The van der Waals surface area contributed by atoms with Crippen molar-refractivity contribution in [2.24, 2.45) is 0 Å². The summed E-state index contributed by atoms with van der Waals surface area (Å²) < 4.78 is 40.2. The van der Waals surface area contributed by atoms with Crippen molar-refractivity contribution in [2.75, 3.05) is 5.32 Å². The van der Waals surface area contributed by atoms with Crippen LogP contribution >= 0.6 is 0 Å². The fourth-order valence-electron chi connectivity index (χ4n) is 2.46. The Hall–Kier alpha value is -1.19. The molecule has 4 heteroatoms. The monoisotopic (exact) mass is 257 g/mol. The summed E-state index contributed by atoms with van der Waals surface area (Å²) in [6, 6.07) is 2.20. The van der Waals surface area contributed by atoms with Gasteiger partial charge in [-0.3, -0.25) is 0 Å². The number of hydrogen-bond donors (Lipinski definition) is 1. The lowest BCUT2D eigenvalue weighted by molar-refractivity contribution is -0.0845. The highest BCUT2D eigenvalue weighted by molar-refractivity contribution is 5.51. The van der Waals surface area contributed by atoms with E-state index < -0.39 is 12.0 Å². The molecule has 1 aromatic carbocycles. The predicted octanol–water partition coefficient (Wildman–Crippen LogP) is 4.47. The molecule has 1 atom stereocenters. The van der Waals surface area contributed by atoms with E-state index in [0.29, 0.717) is 17.7 Å². The maximum absolute atomic E-state index is 13.9. The molecule has 1 saturated carbocycles. The fraction of sp³-hybridized carbons (Fsp3) is 0.571. The van der Waals surface area contributed by atoms with Crippen LogP contribution in [-0.4, -0.2) is 12.0 Å². The third-order valence-corrected chi connectivity index (χ3v) is 3.53. The van der Waals surface area contributed by atoms with Crippen molar-refractivity contribution in [1.82, 2.24) is 0 Å². The summed E-state index contributed by atoms with van der Waals surface area (Å²) >= 11 is 0. The SMILES string of the molecule is Cc1cc(NC2CCC2(F)F)cc(F)c1C(C)C. The number of hydrogen-bond acceptors (Lipinski definition) is 1. The van der Waals surface area contributed by atoms with Crippen LogP contribution in [-0.2, 0) is 0 Å². The number of benzene rings is 1. The van der Waals surface area contributed by atoms with E-state index >= 15 is 0 Å². The van der Waals surface area contributed by atoms with Crippen LogP contribution in [0.2, 0.25) is 0 Å². The second-order valence-corrected chi connectivity index (χ2v) is 5.34. The van der Waals surface area contributed by atoms with Gasteiger partial charge in [-0.2, -0.15) is 0 Å². The van der Waals surface area contributed by atoms with E-state index in [4.69, 9.17) is 0 Å². The van der Waals surface area contributed by atoms with E-state index in [2.05, 4.69) is 5.32 Å². The largest absolute Gasteiger partial charge is 0.376 e. The third-order valence-electron chi connectivity index (χ3n) is 3.53. The minimum Gasteiger partial charge on any atom is -0.376 e. The van der Waals surface area contributed by atoms with Gasteiger partial charge in [-0.1, -0.05) is 13.8 Å². The Balaban J connectivity index is 2.21. The lowest BCUT2D eigenvalue weighted by Crippen LogP contribution is -2.49. The van der Waals surface area contributed by atoms with Crippen LogP contribution < -0.4 is 5.32 Å². The Morgan fingerprint density at radius 3 is 2.39 bits per heavy atom. The van der Waals surface area contributed by atoms with Crippen LogP contribution in [0, 0.1) is 12.7 Å². The zero-order chi connectivity index (χ0) is 13.5. The molecule has 100 valence electrons. The van der Waals surface area contributed by atoms with Crippen molar-refractivity contribution in [1.29, 1.82) is 0 Å². The number of anilines is 1. The van der Waals surface area contributed by atoms with Crippen LogP contribution in [0.15, 0.2) is 12.1 Å². The number of alkyl halides is 2. The first-order valence-electron chi connectivity index (χ1n) is 6.25. The molecule has 1 unspecified atom stereocenters. The molecule has 1 N–H and O–H groups in total. The summed E-state index contributed by atoms with van der Waals surface area (Å²) in [5.41, 5.74) is 1.90. The van der Waals surface area contributed by atoms with Crippen molar-refractivity contribution < 1.29 is 13.2 Å². The highest BCUT2D eigenvalue weighted by Gasteiger charge is 2.48. The second-order valence-electron chi connectivity index (χ2n) is 5.34. The van der Waals surface area contributed by atoms with E-state index in [1.54, 1.807) is 6.07 Å². The number of aryl methyl sites for hydroxylation is 1. The summed E-state index contributed by atoms with van der Waals surface area (Å²) in [5.74, 6) is -2.90. The van der Waals surface area contributed by atoms with Crippen LogP contribution in [0.3, 0.4) is 0 Å². The summed E-state index contributed by atoms with van der Waals surface area (Å²) in [7, 11) is 0. The average molecular weight is 257 g/mol. The molecule has 0 radical (unpaired) electrons. The number of nitrogens with one attached hydrogen (secondary N) is 1. The van der Waals surface area contributed by atoms with Gasteiger partial charge in [-0.25, -0.2) is 13.2 Å². The summed E-state index contributed by atoms with van der Waals surface area (Å²) in [6.45, 7) is 5.64. The quantitative estimate of drug-likeness (QED) is 0.842. The van der Waals surface area contributed by atoms with Gasteiger partial charge in [0, 0.05) is 12.1 Å². The summed E-state index contributed by atoms with van der Waals surface area (Å²) in [6.07, 6.45) is 0.343. The minimum atomic E-state index is -2.67. The molecule has 0 spiro atoms. The van der Waals surface area contributed by atoms with Gasteiger partial charge in [0.25, 0.3) is 5.92 Å². The lowest BCUT2D eigenvalue weighted by Gasteiger charge is -2.37. The molecule has 1 aromatic rings. The van der Waals surface area contributed by atoms with E-state index in [9.17, 15) is 13.2 Å². The molecule has 1 fully saturated rings. The smallest absolute Gasteiger partial charge is 0.267 e. The molecule has 1 aliphatic carbocycles. The predicted molar refractivity (Wildman–Crippen MR) is 66.8 cm³/mol. The molecule has 18 heavy (non-hydrogen) atoms. The van der Waals surface area contributed by atoms with Crippen molar-refractivity contribution in [3.05, 3.63) is 29.1 Å². The van der Waals surface area contributed by atoms with Crippen LogP contribution in [0.5, 0.6) is 0 Å². The Labute approximate surface area is 105 Å². The van der Waals surface area contributed by atoms with E-state index in [1.165, 1.54) is 6.07 Å². The maximum atomic E-state index is 13.9. The molecule has 1 nitrogen and oxygen atoms in total. The topological polar surface area (TPSA) is 12.0 Å². The van der Waals surface area contributed by atoms with Crippen molar-refractivity contribution in [2.45, 2.75) is 51.5 Å². The van der Waals surface area contributed by atoms with E-state index in [0.717, 1.165) is 5.56 Å². The average Bonchev–Trinajstić information content (AvgIpc) is 2.23. The molecule has 1 aliphatic rings. The Kier molecular flexibility index (Phi) is 3.30. The second kappa shape index (κ2) is 4.48. The molecule has 0 heterocycles. The molecule has 0 bridgehead atoms. The Morgan fingerprint density at radius 2 is 2.00 bits per heavy atom. The first-order chi connectivity index (χ1) is 8.31. The van der Waals surface area contributed by atoms with Crippen molar-refractivity contribution in [3.8, 4) is 0 Å². The Bertz CT molecular complexity index is 431. The lowest BCUT2D eigenvalue weighted by atomic mass is 9.87. The molecule has 0 aromatic heterocycles. The van der Waals surface area contributed by atoms with Gasteiger partial charge in [0.05, 0.1) is 6.04 Å². The highest BCUT2D eigenvalue weighted by atomic mass is 19.3. The van der Waals surface area contributed by atoms with Gasteiger partial charge in [0.1, 0.15) is 5.82 Å². The molecule has 0 amide bonds. The first kappa shape index (κ1) is 13.2. The van der Waals surface area contributed by atoms with Crippen molar-refractivity contribution in [3.63, 3.8) is 0 Å². The van der Waals surface area contributed by atoms with Crippen LogP contribution in [0.1, 0.15) is 43.7 Å². The molecule has 0 aliphatic heterocycles. The molecular weight excluding hydrogens is 239 g/mol. The Morgan fingerprint density at radius 1 is 1.33 bits per heavy atom. The number of rotatable bonds is 3. The summed E-state index contributed by atoms with van der Waals surface area (Å²) in [5, 5.41) is 2.73. The normalized spacial score (nSPS) is 21.8. The summed E-state index contributed by atoms with van der Waals surface area (Å²) in [4.78, 5) is 0. The van der Waals surface area contributed by atoms with E-state index in [-0.39, 0.29) is 18.2 Å². The van der Waals surface area contributed by atoms with Crippen LogP contribution in [0.4, 0.5) is 18.9 Å². The molecular formula is C14H18F3N. The van der Waals surface area contributed by atoms with Gasteiger partial charge in [0.2, 0.25) is 0 Å². The fourth-order valence-corrected chi connectivity index (χ4v) is 2.46. The van der Waals surface area contributed by atoms with Gasteiger partial charge in [-0.05, 0) is 42.5 Å². The molecule has 2 rings (SSSR count). The molecule has 0 saturated heterocycles. The van der Waals surface area contributed by atoms with Gasteiger partial charge in [-0.15, -0.1) is 0 Å². The van der Waals surface area contributed by atoms with E-state index in [1.807, 2.05) is 20.8 Å². The van der Waals surface area contributed by atoms with Crippen molar-refractivity contribution >= 4 is 5.69 Å². The maximum Gasteiger partial charge on any atom is 0.267 e. The van der Waals surface area contributed by atoms with Gasteiger partial charge in [0.15, 0.2) is 0 Å². The van der Waals surface area contributed by atoms with Crippen LogP contribution in [0.25, 0.3) is 0 Å². The van der Waals surface area contributed by atoms with Gasteiger partial charge >= 0.3 is 0 Å². The third kappa shape index (κ3) is 2.33. The number of halogens is 3.